The third kappa shape index (κ3) is 4.90. The fraction of sp³-hybridized carbons (Fsp3) is 0.188. The maximum absolute atomic E-state index is 11.8. The highest BCUT2D eigenvalue weighted by atomic mass is 16.2. The number of pyridine rings is 1. The Morgan fingerprint density at radius 1 is 1.05 bits per heavy atom. The number of amides is 2. The van der Waals surface area contributed by atoms with Gasteiger partial charge in [0.05, 0.1) is 11.9 Å². The summed E-state index contributed by atoms with van der Waals surface area (Å²) in [5, 5.41) is 8.31. The number of aromatic nitrogens is 1. The Morgan fingerprint density at radius 2 is 1.77 bits per heavy atom. The number of benzene rings is 1. The lowest BCUT2D eigenvalue weighted by Gasteiger charge is -2.15. The first-order valence-corrected chi connectivity index (χ1v) is 6.96. The number of anilines is 2. The molecule has 1 aromatic carbocycles. The number of nitrogens with one attached hydrogen (secondary N) is 3. The Kier molecular flexibility index (Phi) is 5.48. The summed E-state index contributed by atoms with van der Waals surface area (Å²) in [5.74, 6) is -1.38. The Morgan fingerprint density at radius 3 is 2.45 bits per heavy atom. The Bertz CT molecular complexity index is 617. The predicted molar refractivity (Wildman–Crippen MR) is 85.4 cm³/mol. The van der Waals surface area contributed by atoms with E-state index in [4.69, 9.17) is 0 Å². The fourth-order valence-electron chi connectivity index (χ4n) is 1.79. The van der Waals surface area contributed by atoms with E-state index in [0.29, 0.717) is 12.2 Å². The SMILES string of the molecule is C[C@@H](CNc1ccccc1)NC(=O)C(=O)Nc1cccnc1. The fourth-order valence-corrected chi connectivity index (χ4v) is 1.79. The van der Waals surface area contributed by atoms with E-state index < -0.39 is 11.8 Å². The molecular weight excluding hydrogens is 280 g/mol. The van der Waals surface area contributed by atoms with E-state index in [2.05, 4.69) is 20.9 Å². The van der Waals surface area contributed by atoms with E-state index in [1.54, 1.807) is 18.3 Å². The molecule has 114 valence electrons. The maximum Gasteiger partial charge on any atom is 0.313 e. The smallest absolute Gasteiger partial charge is 0.313 e. The second-order valence-electron chi connectivity index (χ2n) is 4.82. The molecule has 1 aromatic heterocycles. The molecule has 0 fully saturated rings. The van der Waals surface area contributed by atoms with Gasteiger partial charge in [0.15, 0.2) is 0 Å². The van der Waals surface area contributed by atoms with Crippen molar-refractivity contribution in [3.8, 4) is 0 Å². The van der Waals surface area contributed by atoms with Crippen molar-refractivity contribution in [3.05, 3.63) is 54.9 Å². The molecule has 0 radical (unpaired) electrons. The second kappa shape index (κ2) is 7.78. The Balaban J connectivity index is 1.77. The Hall–Kier alpha value is -2.89. The molecule has 0 aliphatic carbocycles. The van der Waals surface area contributed by atoms with Gasteiger partial charge in [-0.3, -0.25) is 14.6 Å². The van der Waals surface area contributed by atoms with E-state index in [-0.39, 0.29) is 6.04 Å². The zero-order valence-electron chi connectivity index (χ0n) is 12.2. The van der Waals surface area contributed by atoms with Gasteiger partial charge in [0.25, 0.3) is 0 Å². The number of hydrogen-bond acceptors (Lipinski definition) is 4. The summed E-state index contributed by atoms with van der Waals surface area (Å²) >= 11 is 0. The highest BCUT2D eigenvalue weighted by molar-refractivity contribution is 6.39. The molecule has 0 aliphatic rings. The van der Waals surface area contributed by atoms with Gasteiger partial charge in [0.2, 0.25) is 0 Å². The molecule has 6 nitrogen and oxygen atoms in total. The summed E-state index contributed by atoms with van der Waals surface area (Å²) in [7, 11) is 0. The number of hydrogen-bond donors (Lipinski definition) is 3. The average molecular weight is 298 g/mol. The Labute approximate surface area is 129 Å². The standard InChI is InChI=1S/C16H18N4O2/c1-12(10-18-13-6-3-2-4-7-13)19-15(21)16(22)20-14-8-5-9-17-11-14/h2-9,11-12,18H,10H2,1H3,(H,19,21)(H,20,22)/t12-/m0/s1. The van der Waals surface area contributed by atoms with Gasteiger partial charge < -0.3 is 16.0 Å². The van der Waals surface area contributed by atoms with Crippen LogP contribution in [0.15, 0.2) is 54.9 Å². The van der Waals surface area contributed by atoms with Crippen LogP contribution < -0.4 is 16.0 Å². The number of carbonyl (C=O) groups excluding carboxylic acids is 2. The third-order valence-corrected chi connectivity index (χ3v) is 2.89. The molecule has 3 N–H and O–H groups in total. The first-order valence-electron chi connectivity index (χ1n) is 6.96. The van der Waals surface area contributed by atoms with Crippen LogP contribution in [0.1, 0.15) is 6.92 Å². The van der Waals surface area contributed by atoms with Crippen LogP contribution in [0.4, 0.5) is 11.4 Å². The molecular formula is C16H18N4O2. The van der Waals surface area contributed by atoms with Crippen molar-refractivity contribution in [1.29, 1.82) is 0 Å². The van der Waals surface area contributed by atoms with E-state index in [9.17, 15) is 9.59 Å². The zero-order chi connectivity index (χ0) is 15.8. The van der Waals surface area contributed by atoms with Gasteiger partial charge in [-0.25, -0.2) is 0 Å². The minimum atomic E-state index is -0.709. The lowest BCUT2D eigenvalue weighted by atomic mass is 10.3. The summed E-state index contributed by atoms with van der Waals surface area (Å²) in [6.07, 6.45) is 3.07. The van der Waals surface area contributed by atoms with Gasteiger partial charge in [-0.1, -0.05) is 18.2 Å². The van der Waals surface area contributed by atoms with Crippen molar-refractivity contribution in [1.82, 2.24) is 10.3 Å². The highest BCUT2D eigenvalue weighted by Gasteiger charge is 2.16. The van der Waals surface area contributed by atoms with Crippen molar-refractivity contribution in [3.63, 3.8) is 0 Å². The van der Waals surface area contributed by atoms with Crippen molar-refractivity contribution in [2.45, 2.75) is 13.0 Å². The summed E-state index contributed by atoms with van der Waals surface area (Å²) in [6.45, 7) is 2.35. The molecule has 1 atom stereocenters. The number of carbonyl (C=O) groups is 2. The maximum atomic E-state index is 11.8. The second-order valence-corrected chi connectivity index (χ2v) is 4.82. The lowest BCUT2D eigenvalue weighted by molar-refractivity contribution is -0.136. The largest absolute Gasteiger partial charge is 0.383 e. The summed E-state index contributed by atoms with van der Waals surface area (Å²) in [6, 6.07) is 12.8. The molecule has 22 heavy (non-hydrogen) atoms. The molecule has 2 aromatic rings. The van der Waals surface area contributed by atoms with Crippen LogP contribution in [0.3, 0.4) is 0 Å². The molecule has 0 spiro atoms. The van der Waals surface area contributed by atoms with Crippen molar-refractivity contribution < 1.29 is 9.59 Å². The van der Waals surface area contributed by atoms with Gasteiger partial charge in [0.1, 0.15) is 0 Å². The third-order valence-electron chi connectivity index (χ3n) is 2.89. The van der Waals surface area contributed by atoms with Crippen molar-refractivity contribution in [2.24, 2.45) is 0 Å². The normalized spacial score (nSPS) is 11.3. The van der Waals surface area contributed by atoms with Crippen LogP contribution in [0.2, 0.25) is 0 Å². The first kappa shape index (κ1) is 15.5. The quantitative estimate of drug-likeness (QED) is 0.733. The predicted octanol–water partition coefficient (Wildman–Crippen LogP) is 1.64. The molecule has 0 saturated heterocycles. The van der Waals surface area contributed by atoms with Gasteiger partial charge >= 0.3 is 11.8 Å². The number of para-hydroxylation sites is 1. The molecule has 2 rings (SSSR count). The highest BCUT2D eigenvalue weighted by Crippen LogP contribution is 2.05. The minimum absolute atomic E-state index is 0.188. The number of rotatable bonds is 5. The van der Waals surface area contributed by atoms with Crippen LogP contribution >= 0.6 is 0 Å². The zero-order valence-corrected chi connectivity index (χ0v) is 12.2. The van der Waals surface area contributed by atoms with E-state index >= 15 is 0 Å². The van der Waals surface area contributed by atoms with E-state index in [1.165, 1.54) is 6.20 Å². The molecule has 0 unspecified atom stereocenters. The van der Waals surface area contributed by atoms with Crippen LogP contribution in [0.5, 0.6) is 0 Å². The number of nitrogens with zero attached hydrogens (tertiary/aromatic N) is 1. The first-order chi connectivity index (χ1) is 10.6. The minimum Gasteiger partial charge on any atom is -0.383 e. The van der Waals surface area contributed by atoms with Crippen molar-refractivity contribution >= 4 is 23.2 Å². The van der Waals surface area contributed by atoms with Crippen molar-refractivity contribution in [2.75, 3.05) is 17.2 Å². The van der Waals surface area contributed by atoms with Gasteiger partial charge in [-0.2, -0.15) is 0 Å². The van der Waals surface area contributed by atoms with Crippen LogP contribution in [0.25, 0.3) is 0 Å². The lowest BCUT2D eigenvalue weighted by Crippen LogP contribution is -2.43. The van der Waals surface area contributed by atoms with E-state index in [1.807, 2.05) is 37.3 Å². The van der Waals surface area contributed by atoms with Crippen LogP contribution in [-0.4, -0.2) is 29.4 Å². The van der Waals surface area contributed by atoms with Gasteiger partial charge in [-0.15, -0.1) is 0 Å². The van der Waals surface area contributed by atoms with Gasteiger partial charge in [0, 0.05) is 24.5 Å². The molecule has 0 aliphatic heterocycles. The van der Waals surface area contributed by atoms with Crippen LogP contribution in [-0.2, 0) is 9.59 Å². The van der Waals surface area contributed by atoms with E-state index in [0.717, 1.165) is 5.69 Å². The molecule has 2 amide bonds. The molecule has 0 saturated carbocycles. The summed E-state index contributed by atoms with van der Waals surface area (Å²) in [5.41, 5.74) is 1.45. The topological polar surface area (TPSA) is 83.1 Å². The molecule has 1 heterocycles. The monoisotopic (exact) mass is 298 g/mol. The van der Waals surface area contributed by atoms with Gasteiger partial charge in [-0.05, 0) is 31.2 Å². The summed E-state index contributed by atoms with van der Waals surface area (Å²) in [4.78, 5) is 27.4. The molecule has 6 heteroatoms. The average Bonchev–Trinajstić information content (AvgIpc) is 2.55. The van der Waals surface area contributed by atoms with Crippen LogP contribution in [0, 0.1) is 0 Å². The molecule has 0 bridgehead atoms. The summed E-state index contributed by atoms with van der Waals surface area (Å²) < 4.78 is 0.